The summed E-state index contributed by atoms with van der Waals surface area (Å²) in [6.45, 7) is 2.91. The lowest BCUT2D eigenvalue weighted by atomic mass is 9.88. The first-order chi connectivity index (χ1) is 7.74. The number of hydrogen-bond donors (Lipinski definition) is 1. The van der Waals surface area contributed by atoms with Gasteiger partial charge in [0.1, 0.15) is 0 Å². The van der Waals surface area contributed by atoms with Gasteiger partial charge in [0.05, 0.1) is 6.10 Å². The lowest BCUT2D eigenvalue weighted by Gasteiger charge is -2.23. The van der Waals surface area contributed by atoms with E-state index < -0.39 is 0 Å². The maximum Gasteiger partial charge on any atom is 0.0569 e. The van der Waals surface area contributed by atoms with Gasteiger partial charge in [0.15, 0.2) is 0 Å². The molecule has 2 atom stereocenters. The highest BCUT2D eigenvalue weighted by molar-refractivity contribution is 4.72. The smallest absolute Gasteiger partial charge is 0.0569 e. The highest BCUT2D eigenvalue weighted by Gasteiger charge is 2.20. The molecule has 0 saturated heterocycles. The molecule has 2 nitrogen and oxygen atoms in total. The van der Waals surface area contributed by atoms with E-state index in [9.17, 15) is 5.11 Å². The lowest BCUT2D eigenvalue weighted by molar-refractivity contribution is 0.0662. The molecule has 16 heavy (non-hydrogen) atoms. The Kier molecular flexibility index (Phi) is 7.06. The van der Waals surface area contributed by atoms with Crippen molar-refractivity contribution < 1.29 is 9.84 Å². The fourth-order valence-electron chi connectivity index (χ4n) is 2.67. The summed E-state index contributed by atoms with van der Waals surface area (Å²) in [6.07, 6.45) is 10.0. The molecule has 0 bridgehead atoms. The van der Waals surface area contributed by atoms with Gasteiger partial charge >= 0.3 is 0 Å². The Hall–Kier alpha value is -0.0800. The molecule has 1 aliphatic rings. The number of aliphatic hydroxyl groups excluding tert-OH is 1. The van der Waals surface area contributed by atoms with Gasteiger partial charge in [-0.3, -0.25) is 0 Å². The maximum atomic E-state index is 10.1. The second-order valence-corrected chi connectivity index (χ2v) is 5.42. The average molecular weight is 228 g/mol. The van der Waals surface area contributed by atoms with Crippen LogP contribution in [0.25, 0.3) is 0 Å². The molecule has 1 N–H and O–H groups in total. The summed E-state index contributed by atoms with van der Waals surface area (Å²) in [5.74, 6) is 1.14. The van der Waals surface area contributed by atoms with Crippen molar-refractivity contribution in [1.29, 1.82) is 0 Å². The molecular weight excluding hydrogens is 200 g/mol. The Morgan fingerprint density at radius 3 is 2.38 bits per heavy atom. The Balaban J connectivity index is 2.22. The molecule has 1 rings (SSSR count). The molecule has 0 heterocycles. The predicted molar refractivity (Wildman–Crippen MR) is 67.5 cm³/mol. The van der Waals surface area contributed by atoms with Crippen LogP contribution < -0.4 is 0 Å². The van der Waals surface area contributed by atoms with Crippen LogP contribution in [0.15, 0.2) is 0 Å². The summed E-state index contributed by atoms with van der Waals surface area (Å²) in [6, 6.07) is 0. The van der Waals surface area contributed by atoms with E-state index in [-0.39, 0.29) is 6.10 Å². The molecule has 0 aromatic rings. The molecule has 2 unspecified atom stereocenters. The standard InChI is InChI=1S/C14H28O2/c1-12(9-10-16-2)14(15)11-13-7-5-3-4-6-8-13/h12-15H,3-11H2,1-2H3. The molecule has 0 aromatic carbocycles. The van der Waals surface area contributed by atoms with E-state index in [0.717, 1.165) is 25.4 Å². The summed E-state index contributed by atoms with van der Waals surface area (Å²) < 4.78 is 5.06. The highest BCUT2D eigenvalue weighted by atomic mass is 16.5. The van der Waals surface area contributed by atoms with Crippen LogP contribution in [0, 0.1) is 11.8 Å². The van der Waals surface area contributed by atoms with Gasteiger partial charge < -0.3 is 9.84 Å². The van der Waals surface area contributed by atoms with E-state index in [1.54, 1.807) is 7.11 Å². The summed E-state index contributed by atoms with van der Waals surface area (Å²) >= 11 is 0. The van der Waals surface area contributed by atoms with E-state index in [1.165, 1.54) is 38.5 Å². The van der Waals surface area contributed by atoms with Crippen molar-refractivity contribution in [3.63, 3.8) is 0 Å². The molecule has 0 aliphatic heterocycles. The number of rotatable bonds is 6. The molecule has 96 valence electrons. The van der Waals surface area contributed by atoms with Crippen molar-refractivity contribution in [2.45, 2.75) is 64.4 Å². The first-order valence-electron chi connectivity index (χ1n) is 6.91. The minimum atomic E-state index is -0.127. The van der Waals surface area contributed by atoms with Crippen molar-refractivity contribution in [2.75, 3.05) is 13.7 Å². The van der Waals surface area contributed by atoms with Crippen molar-refractivity contribution in [3.05, 3.63) is 0 Å². The topological polar surface area (TPSA) is 29.5 Å². The van der Waals surface area contributed by atoms with Crippen molar-refractivity contribution in [1.82, 2.24) is 0 Å². The van der Waals surface area contributed by atoms with Crippen LogP contribution in [-0.4, -0.2) is 24.9 Å². The zero-order valence-electron chi connectivity index (χ0n) is 11.0. The van der Waals surface area contributed by atoms with Crippen molar-refractivity contribution >= 4 is 0 Å². The van der Waals surface area contributed by atoms with Gasteiger partial charge in [-0.15, -0.1) is 0 Å². The number of hydrogen-bond acceptors (Lipinski definition) is 2. The van der Waals surface area contributed by atoms with Gasteiger partial charge in [-0.05, 0) is 24.7 Å². The average Bonchev–Trinajstić information content (AvgIpc) is 2.54. The third kappa shape index (κ3) is 5.31. The van der Waals surface area contributed by atoms with Gasteiger partial charge in [0, 0.05) is 13.7 Å². The predicted octanol–water partition coefficient (Wildman–Crippen LogP) is 3.38. The minimum Gasteiger partial charge on any atom is -0.393 e. The van der Waals surface area contributed by atoms with Crippen LogP contribution in [0.4, 0.5) is 0 Å². The summed E-state index contributed by atoms with van der Waals surface area (Å²) in [4.78, 5) is 0. The Morgan fingerprint density at radius 2 is 1.81 bits per heavy atom. The SMILES string of the molecule is COCCC(C)C(O)CC1CCCCCC1. The molecule has 1 saturated carbocycles. The fourth-order valence-corrected chi connectivity index (χ4v) is 2.67. The maximum absolute atomic E-state index is 10.1. The normalized spacial score (nSPS) is 22.7. The van der Waals surface area contributed by atoms with Gasteiger partial charge in [-0.25, -0.2) is 0 Å². The van der Waals surface area contributed by atoms with Crippen LogP contribution >= 0.6 is 0 Å². The summed E-state index contributed by atoms with van der Waals surface area (Å²) in [5, 5.41) is 10.1. The van der Waals surface area contributed by atoms with E-state index >= 15 is 0 Å². The second kappa shape index (κ2) is 8.08. The molecule has 1 fully saturated rings. The van der Waals surface area contributed by atoms with Crippen molar-refractivity contribution in [2.24, 2.45) is 11.8 Å². The first-order valence-corrected chi connectivity index (χ1v) is 6.91. The molecule has 2 heteroatoms. The van der Waals surface area contributed by atoms with Gasteiger partial charge in [-0.1, -0.05) is 45.4 Å². The minimum absolute atomic E-state index is 0.127. The van der Waals surface area contributed by atoms with Crippen LogP contribution in [0.5, 0.6) is 0 Å². The van der Waals surface area contributed by atoms with Gasteiger partial charge in [-0.2, -0.15) is 0 Å². The quantitative estimate of drug-likeness (QED) is 0.706. The third-order valence-electron chi connectivity index (χ3n) is 3.98. The fraction of sp³-hybridized carbons (Fsp3) is 1.00. The van der Waals surface area contributed by atoms with Crippen LogP contribution in [0.3, 0.4) is 0 Å². The lowest BCUT2D eigenvalue weighted by Crippen LogP contribution is -2.22. The zero-order chi connectivity index (χ0) is 11.8. The Bertz CT molecular complexity index is 162. The number of ether oxygens (including phenoxy) is 1. The molecule has 0 aromatic heterocycles. The van der Waals surface area contributed by atoms with Crippen molar-refractivity contribution in [3.8, 4) is 0 Å². The first kappa shape index (κ1) is 14.0. The zero-order valence-corrected chi connectivity index (χ0v) is 11.0. The molecule has 0 amide bonds. The Labute approximate surface area is 100 Å². The highest BCUT2D eigenvalue weighted by Crippen LogP contribution is 2.28. The Morgan fingerprint density at radius 1 is 1.19 bits per heavy atom. The molecular formula is C14H28O2. The van der Waals surface area contributed by atoms with Crippen LogP contribution in [0.2, 0.25) is 0 Å². The number of methoxy groups -OCH3 is 1. The second-order valence-electron chi connectivity index (χ2n) is 5.42. The van der Waals surface area contributed by atoms with E-state index in [0.29, 0.717) is 5.92 Å². The molecule has 1 aliphatic carbocycles. The third-order valence-corrected chi connectivity index (χ3v) is 3.98. The van der Waals surface area contributed by atoms with E-state index in [4.69, 9.17) is 4.74 Å². The van der Waals surface area contributed by atoms with Crippen LogP contribution in [0.1, 0.15) is 58.3 Å². The van der Waals surface area contributed by atoms with Gasteiger partial charge in [0.25, 0.3) is 0 Å². The van der Waals surface area contributed by atoms with Crippen LogP contribution in [-0.2, 0) is 4.74 Å². The monoisotopic (exact) mass is 228 g/mol. The number of aliphatic hydroxyl groups is 1. The molecule has 0 radical (unpaired) electrons. The summed E-state index contributed by atoms with van der Waals surface area (Å²) in [5.41, 5.74) is 0. The van der Waals surface area contributed by atoms with Gasteiger partial charge in [0.2, 0.25) is 0 Å². The van der Waals surface area contributed by atoms with E-state index in [2.05, 4.69) is 6.92 Å². The summed E-state index contributed by atoms with van der Waals surface area (Å²) in [7, 11) is 1.73. The molecule has 0 spiro atoms. The van der Waals surface area contributed by atoms with E-state index in [1.807, 2.05) is 0 Å². The largest absolute Gasteiger partial charge is 0.393 e.